The first-order chi connectivity index (χ1) is 11.8. The van der Waals surface area contributed by atoms with Crippen LogP contribution < -0.4 is 9.05 Å². The summed E-state index contributed by atoms with van der Waals surface area (Å²) in [5, 5.41) is 17.9. The molecule has 1 aliphatic rings. The van der Waals surface area contributed by atoms with Crippen LogP contribution in [0.5, 0.6) is 0 Å². The number of primary amides is 1. The van der Waals surface area contributed by atoms with E-state index in [1.807, 2.05) is 34.2 Å². The fourth-order valence-electron chi connectivity index (χ4n) is 2.45. The Morgan fingerprint density at radius 3 is 2.84 bits per heavy atom. The van der Waals surface area contributed by atoms with Crippen LogP contribution in [0.25, 0.3) is 0 Å². The quantitative estimate of drug-likeness (QED) is 0.678. The third-order valence-corrected chi connectivity index (χ3v) is 10.8. The van der Waals surface area contributed by atoms with Crippen LogP contribution in [0.3, 0.4) is 0 Å². The van der Waals surface area contributed by atoms with Crippen molar-refractivity contribution < 1.29 is 14.3 Å². The number of carbonyl (C=O) groups excluding carboxylic acids is 1. The number of rotatable bonds is 3. The predicted octanol–water partition coefficient (Wildman–Crippen LogP) is 0.399. The van der Waals surface area contributed by atoms with Crippen molar-refractivity contribution in [2.45, 2.75) is 19.4 Å². The molecule has 1 aromatic heterocycles. The molecule has 0 spiro atoms. The first kappa shape index (κ1) is 17.5. The van der Waals surface area contributed by atoms with Gasteiger partial charge in [0, 0.05) is 0 Å². The van der Waals surface area contributed by atoms with Gasteiger partial charge in [0.2, 0.25) is 0 Å². The Labute approximate surface area is 153 Å². The van der Waals surface area contributed by atoms with Gasteiger partial charge in [0.1, 0.15) is 0 Å². The fraction of sp³-hybridized carbons (Fsp3) is 0.167. The van der Waals surface area contributed by atoms with E-state index in [2.05, 4.69) is 25.9 Å². The van der Waals surface area contributed by atoms with Crippen LogP contribution in [0, 0.1) is 18.8 Å². The van der Waals surface area contributed by atoms with Crippen LogP contribution in [-0.2, 0) is 10.4 Å². The summed E-state index contributed by atoms with van der Waals surface area (Å²) in [4.78, 5) is 11.3. The zero-order chi connectivity index (χ0) is 18.0. The number of amides is 1. The molecule has 0 saturated heterocycles. The van der Waals surface area contributed by atoms with Crippen LogP contribution in [-0.4, -0.2) is 42.6 Å². The van der Waals surface area contributed by atoms with Gasteiger partial charge in [-0.15, -0.1) is 0 Å². The number of aryl methyl sites for hydroxylation is 1. The second-order valence-electron chi connectivity index (χ2n) is 5.95. The SMILES string of the molecule is Cc1nnc([C@](C)(O)C#Cc2ccc[c]([In]3[CH]=CC(C(N)=O)=[CH]3)c2)o1. The van der Waals surface area contributed by atoms with Crippen LogP contribution in [0.1, 0.15) is 24.3 Å². The van der Waals surface area contributed by atoms with E-state index in [0.717, 1.165) is 5.56 Å². The molecule has 2 aromatic rings. The summed E-state index contributed by atoms with van der Waals surface area (Å²) in [6, 6.07) is 7.82. The Bertz CT molecular complexity index is 948. The maximum absolute atomic E-state index is 11.3. The van der Waals surface area contributed by atoms with Gasteiger partial charge in [0.05, 0.1) is 0 Å². The Hall–Kier alpha value is -2.30. The molecule has 25 heavy (non-hydrogen) atoms. The van der Waals surface area contributed by atoms with Gasteiger partial charge in [-0.25, -0.2) is 0 Å². The van der Waals surface area contributed by atoms with Gasteiger partial charge in [0.25, 0.3) is 0 Å². The van der Waals surface area contributed by atoms with Gasteiger partial charge in [-0.2, -0.15) is 0 Å². The normalized spacial score (nSPS) is 15.3. The summed E-state index contributed by atoms with van der Waals surface area (Å²) in [5.41, 5.74) is 5.17. The summed E-state index contributed by atoms with van der Waals surface area (Å²) >= 11 is -2.28. The monoisotopic (exact) mass is 437 g/mol. The first-order valence-electron chi connectivity index (χ1n) is 7.71. The Morgan fingerprint density at radius 1 is 1.40 bits per heavy atom. The minimum atomic E-state index is -2.28. The molecule has 2 heterocycles. The molecular weight excluding hydrogens is 421 g/mol. The molecule has 7 heteroatoms. The van der Waals surface area contributed by atoms with E-state index in [-0.39, 0.29) is 5.89 Å². The average molecular weight is 437 g/mol. The van der Waals surface area contributed by atoms with Crippen molar-refractivity contribution in [3.8, 4) is 11.8 Å². The molecule has 1 aromatic carbocycles. The minimum absolute atomic E-state index is 0.0700. The Balaban J connectivity index is 1.84. The molecule has 0 fully saturated rings. The van der Waals surface area contributed by atoms with Gasteiger partial charge in [-0.05, 0) is 0 Å². The number of carbonyl (C=O) groups is 1. The van der Waals surface area contributed by atoms with Crippen molar-refractivity contribution in [1.29, 1.82) is 0 Å². The molecule has 3 N–H and O–H groups in total. The van der Waals surface area contributed by atoms with Crippen molar-refractivity contribution >= 4 is 30.7 Å². The zero-order valence-corrected chi connectivity index (χ0v) is 17.1. The van der Waals surface area contributed by atoms with Crippen LogP contribution >= 0.6 is 0 Å². The van der Waals surface area contributed by atoms with Crippen molar-refractivity contribution in [2.75, 3.05) is 0 Å². The van der Waals surface area contributed by atoms with E-state index >= 15 is 0 Å². The number of nitrogens with two attached hydrogens (primary N) is 1. The number of benzene rings is 1. The summed E-state index contributed by atoms with van der Waals surface area (Å²) in [7, 11) is 0. The van der Waals surface area contributed by atoms with E-state index < -0.39 is 32.9 Å². The molecule has 1 amide bonds. The average Bonchev–Trinajstić information content (AvgIpc) is 3.23. The van der Waals surface area contributed by atoms with Gasteiger partial charge in [-0.3, -0.25) is 0 Å². The maximum atomic E-state index is 11.3. The molecule has 124 valence electrons. The van der Waals surface area contributed by atoms with E-state index in [1.165, 1.54) is 10.2 Å². The van der Waals surface area contributed by atoms with Gasteiger partial charge in [-0.1, -0.05) is 0 Å². The van der Waals surface area contributed by atoms with E-state index in [9.17, 15) is 9.90 Å². The molecule has 0 aliphatic carbocycles. The number of aliphatic hydroxyl groups is 1. The predicted molar refractivity (Wildman–Crippen MR) is 93.7 cm³/mol. The molecule has 0 saturated carbocycles. The van der Waals surface area contributed by atoms with E-state index in [1.54, 1.807) is 6.92 Å². The third-order valence-electron chi connectivity index (χ3n) is 3.79. The van der Waals surface area contributed by atoms with Crippen molar-refractivity contribution in [3.63, 3.8) is 0 Å². The Kier molecular flexibility index (Phi) is 4.84. The van der Waals surface area contributed by atoms with Crippen LogP contribution in [0.15, 0.2) is 48.0 Å². The zero-order valence-electron chi connectivity index (χ0n) is 13.9. The van der Waals surface area contributed by atoms with Gasteiger partial charge < -0.3 is 0 Å². The molecule has 0 bridgehead atoms. The molecular formula is C18H16InN3O3. The molecule has 1 aliphatic heterocycles. The van der Waals surface area contributed by atoms with Crippen molar-refractivity contribution in [2.24, 2.45) is 5.73 Å². The van der Waals surface area contributed by atoms with Gasteiger partial charge >= 0.3 is 153 Å². The van der Waals surface area contributed by atoms with Crippen molar-refractivity contribution in [1.82, 2.24) is 10.2 Å². The van der Waals surface area contributed by atoms with Crippen molar-refractivity contribution in [3.05, 3.63) is 60.9 Å². The topological polar surface area (TPSA) is 102 Å². The second kappa shape index (κ2) is 6.90. The number of aromatic nitrogens is 2. The molecule has 6 nitrogen and oxygen atoms in total. The van der Waals surface area contributed by atoms with E-state index in [0.29, 0.717) is 11.5 Å². The van der Waals surface area contributed by atoms with E-state index in [4.69, 9.17) is 10.2 Å². The number of hydrogen-bond donors (Lipinski definition) is 2. The van der Waals surface area contributed by atoms with Crippen LogP contribution in [0.2, 0.25) is 0 Å². The Morgan fingerprint density at radius 2 is 2.20 bits per heavy atom. The summed E-state index contributed by atoms with van der Waals surface area (Å²) < 4.78 is 10.6. The molecule has 0 unspecified atom stereocenters. The number of nitrogens with zero attached hydrogens (tertiary/aromatic N) is 2. The first-order valence-corrected chi connectivity index (χ1v) is 13.2. The third kappa shape index (κ3) is 4.03. The molecule has 0 radical (unpaired) electrons. The summed E-state index contributed by atoms with van der Waals surface area (Å²) in [5.74, 6) is 5.79. The fourth-order valence-corrected chi connectivity index (χ4v) is 9.04. The molecule has 3 rings (SSSR count). The van der Waals surface area contributed by atoms with Crippen LogP contribution in [0.4, 0.5) is 0 Å². The van der Waals surface area contributed by atoms with Gasteiger partial charge in [0.15, 0.2) is 0 Å². The summed E-state index contributed by atoms with van der Waals surface area (Å²) in [6.45, 7) is 3.16. The second-order valence-corrected chi connectivity index (χ2v) is 12.9. The number of hydrogen-bond acceptors (Lipinski definition) is 5. The summed E-state index contributed by atoms with van der Waals surface area (Å²) in [6.07, 6.45) is 1.81. The molecule has 1 atom stereocenters. The standard InChI is InChI=1S/C13H11N2O2.C5H5NO.In/c1-10-14-15-12(17-10)13(2,16)9-8-11-6-4-3-5-7-11;1-3-4(2)5(6)7;/h3-4,6-7,16H,1-2H3;1-3H,(H2,6,7);/t13-;;/m1../s1.